The molecule has 1 spiro atoms. The number of nitrogens with one attached hydrogen (secondary N) is 1. The Morgan fingerprint density at radius 3 is 2.62 bits per heavy atom. The zero-order chi connectivity index (χ0) is 20.9. The van der Waals surface area contributed by atoms with Gasteiger partial charge in [0, 0.05) is 33.3 Å². The molecule has 1 aromatic carbocycles. The van der Waals surface area contributed by atoms with E-state index in [-0.39, 0.29) is 17.9 Å². The topological polar surface area (TPSA) is 60.0 Å². The highest BCUT2D eigenvalue weighted by Gasteiger charge is 2.46. The van der Waals surface area contributed by atoms with Crippen molar-refractivity contribution in [1.82, 2.24) is 10.2 Å². The first-order chi connectivity index (χ1) is 14.0. The van der Waals surface area contributed by atoms with Gasteiger partial charge >= 0.3 is 0 Å². The molecule has 0 bridgehead atoms. The lowest BCUT2D eigenvalue weighted by molar-refractivity contribution is -0.125. The molecule has 29 heavy (non-hydrogen) atoms. The van der Waals surface area contributed by atoms with Crippen LogP contribution in [0.25, 0.3) is 0 Å². The highest BCUT2D eigenvalue weighted by Crippen LogP contribution is 2.48. The number of rotatable bonds is 8. The summed E-state index contributed by atoms with van der Waals surface area (Å²) in [5, 5.41) is 3.69. The Kier molecular flexibility index (Phi) is 7.66. The largest absolute Gasteiger partial charge is 0.493 e. The first-order valence-electron chi connectivity index (χ1n) is 10.4. The second-order valence-electron chi connectivity index (χ2n) is 8.30. The molecule has 1 aliphatic heterocycles. The molecule has 2 aliphatic rings. The van der Waals surface area contributed by atoms with Crippen LogP contribution >= 0.6 is 11.6 Å². The minimum atomic E-state index is -0.0418. The third-order valence-electron chi connectivity index (χ3n) is 6.51. The quantitative estimate of drug-likeness (QED) is 0.692. The monoisotopic (exact) mass is 424 g/mol. The predicted molar refractivity (Wildman–Crippen MR) is 114 cm³/mol. The summed E-state index contributed by atoms with van der Waals surface area (Å²) in [5.41, 5.74) is 1.32. The van der Waals surface area contributed by atoms with Gasteiger partial charge in [-0.05, 0) is 35.8 Å². The Bertz CT molecular complexity index is 706. The van der Waals surface area contributed by atoms with Gasteiger partial charge in [-0.15, -0.1) is 0 Å². The second kappa shape index (κ2) is 10.0. The van der Waals surface area contributed by atoms with Crippen LogP contribution in [0.2, 0.25) is 5.02 Å². The molecule has 1 amide bonds. The van der Waals surface area contributed by atoms with Crippen LogP contribution in [0.1, 0.15) is 37.7 Å². The molecule has 2 fully saturated rings. The highest BCUT2D eigenvalue weighted by atomic mass is 35.5. The van der Waals surface area contributed by atoms with Gasteiger partial charge in [-0.25, -0.2) is 0 Å². The van der Waals surface area contributed by atoms with Gasteiger partial charge < -0.3 is 19.5 Å². The zero-order valence-corrected chi connectivity index (χ0v) is 18.5. The Labute approximate surface area is 178 Å². The molecular weight excluding hydrogens is 392 g/mol. The van der Waals surface area contributed by atoms with E-state index in [0.29, 0.717) is 29.0 Å². The first kappa shape index (κ1) is 22.2. The van der Waals surface area contributed by atoms with E-state index in [1.807, 2.05) is 12.1 Å². The number of likely N-dealkylation sites (tertiary alicyclic amines) is 1. The van der Waals surface area contributed by atoms with Gasteiger partial charge in [-0.2, -0.15) is 0 Å². The average Bonchev–Trinajstić information content (AvgIpc) is 3.04. The summed E-state index contributed by atoms with van der Waals surface area (Å²) >= 11 is 6.62. The van der Waals surface area contributed by atoms with Crippen LogP contribution in [0, 0.1) is 11.3 Å². The maximum Gasteiger partial charge on any atom is 0.245 e. The van der Waals surface area contributed by atoms with Crippen molar-refractivity contribution in [3.05, 3.63) is 22.7 Å². The molecule has 1 saturated heterocycles. The molecule has 1 unspecified atom stereocenters. The minimum absolute atomic E-state index is 0.0418. The molecule has 162 valence electrons. The number of hydrogen-bond acceptors (Lipinski definition) is 5. The van der Waals surface area contributed by atoms with Crippen LogP contribution in [-0.2, 0) is 16.1 Å². The lowest BCUT2D eigenvalue weighted by atomic mass is 9.67. The van der Waals surface area contributed by atoms with Crippen LogP contribution in [0.15, 0.2) is 12.1 Å². The standard InChI is InChI=1S/C22H33ClN2O4/c1-27-14-19(26)24-11-17-13-25(15-22(17)9-5-4-6-10-22)12-16-7-8-18(28-2)21(29-3)20(16)23/h7-8,17H,4-6,9-15H2,1-3H3,(H,24,26). The third-order valence-corrected chi connectivity index (χ3v) is 6.93. The van der Waals surface area contributed by atoms with Crippen molar-refractivity contribution in [3.63, 3.8) is 0 Å². The molecule has 0 radical (unpaired) electrons. The smallest absolute Gasteiger partial charge is 0.245 e. The van der Waals surface area contributed by atoms with Gasteiger partial charge in [0.15, 0.2) is 11.5 Å². The lowest BCUT2D eigenvalue weighted by Crippen LogP contribution is -2.40. The number of carbonyl (C=O) groups is 1. The van der Waals surface area contributed by atoms with E-state index in [9.17, 15) is 4.79 Å². The van der Waals surface area contributed by atoms with E-state index < -0.39 is 0 Å². The number of nitrogens with zero attached hydrogens (tertiary/aromatic N) is 1. The van der Waals surface area contributed by atoms with Crippen LogP contribution in [0.3, 0.4) is 0 Å². The van der Waals surface area contributed by atoms with E-state index in [1.165, 1.54) is 32.1 Å². The fourth-order valence-electron chi connectivity index (χ4n) is 5.08. The molecule has 3 rings (SSSR count). The van der Waals surface area contributed by atoms with Crippen molar-refractivity contribution in [2.45, 2.75) is 38.6 Å². The number of halogens is 1. The molecule has 6 nitrogen and oxygen atoms in total. The molecule has 1 atom stereocenters. The Balaban J connectivity index is 1.73. The summed E-state index contributed by atoms with van der Waals surface area (Å²) in [4.78, 5) is 14.4. The van der Waals surface area contributed by atoms with Crippen LogP contribution < -0.4 is 14.8 Å². The summed E-state index contributed by atoms with van der Waals surface area (Å²) in [7, 11) is 4.77. The molecule has 1 aliphatic carbocycles. The number of benzene rings is 1. The van der Waals surface area contributed by atoms with Crippen molar-refractivity contribution in [1.29, 1.82) is 0 Å². The lowest BCUT2D eigenvalue weighted by Gasteiger charge is -2.38. The Morgan fingerprint density at radius 2 is 1.97 bits per heavy atom. The molecular formula is C22H33ClN2O4. The van der Waals surface area contributed by atoms with Crippen molar-refractivity contribution in [3.8, 4) is 11.5 Å². The number of hydrogen-bond donors (Lipinski definition) is 1. The molecule has 1 heterocycles. The summed E-state index contributed by atoms with van der Waals surface area (Å²) < 4.78 is 15.8. The van der Waals surface area contributed by atoms with Gasteiger partial charge in [0.05, 0.1) is 19.2 Å². The summed E-state index contributed by atoms with van der Waals surface area (Å²) in [6.07, 6.45) is 6.31. The number of carbonyl (C=O) groups excluding carboxylic acids is 1. The zero-order valence-electron chi connectivity index (χ0n) is 17.8. The fourth-order valence-corrected chi connectivity index (χ4v) is 5.37. The van der Waals surface area contributed by atoms with Crippen LogP contribution in [0.5, 0.6) is 11.5 Å². The van der Waals surface area contributed by atoms with E-state index >= 15 is 0 Å². The van der Waals surface area contributed by atoms with Gasteiger partial charge in [0.2, 0.25) is 5.91 Å². The molecule has 1 saturated carbocycles. The molecule has 0 aromatic heterocycles. The van der Waals surface area contributed by atoms with Gasteiger partial charge in [0.1, 0.15) is 6.61 Å². The van der Waals surface area contributed by atoms with E-state index in [4.69, 9.17) is 25.8 Å². The Morgan fingerprint density at radius 1 is 1.21 bits per heavy atom. The van der Waals surface area contributed by atoms with Gasteiger partial charge in [-0.3, -0.25) is 9.69 Å². The van der Waals surface area contributed by atoms with Crippen molar-refractivity contribution in [2.24, 2.45) is 11.3 Å². The predicted octanol–water partition coefficient (Wildman–Crippen LogP) is 3.50. The summed E-state index contributed by atoms with van der Waals surface area (Å²) in [6.45, 7) is 3.59. The summed E-state index contributed by atoms with van der Waals surface area (Å²) in [6, 6.07) is 3.93. The highest BCUT2D eigenvalue weighted by molar-refractivity contribution is 6.33. The minimum Gasteiger partial charge on any atom is -0.493 e. The maximum absolute atomic E-state index is 11.9. The van der Waals surface area contributed by atoms with E-state index in [2.05, 4.69) is 10.2 Å². The third kappa shape index (κ3) is 4.98. The van der Waals surface area contributed by atoms with Gasteiger partial charge in [-0.1, -0.05) is 36.9 Å². The van der Waals surface area contributed by atoms with Crippen molar-refractivity contribution in [2.75, 3.05) is 47.6 Å². The average molecular weight is 425 g/mol. The van der Waals surface area contributed by atoms with E-state index in [1.54, 1.807) is 21.3 Å². The normalized spacial score (nSPS) is 21.3. The van der Waals surface area contributed by atoms with Crippen LogP contribution in [0.4, 0.5) is 0 Å². The number of methoxy groups -OCH3 is 3. The SMILES string of the molecule is COCC(=O)NCC1CN(Cc2ccc(OC)c(OC)c2Cl)CC12CCCCC2. The molecule has 7 heteroatoms. The number of ether oxygens (including phenoxy) is 3. The summed E-state index contributed by atoms with van der Waals surface area (Å²) in [5.74, 6) is 1.63. The van der Waals surface area contributed by atoms with Crippen LogP contribution in [-0.4, -0.2) is 58.4 Å². The second-order valence-corrected chi connectivity index (χ2v) is 8.68. The first-order valence-corrected chi connectivity index (χ1v) is 10.8. The maximum atomic E-state index is 11.9. The van der Waals surface area contributed by atoms with Crippen molar-refractivity contribution < 1.29 is 19.0 Å². The van der Waals surface area contributed by atoms with E-state index in [0.717, 1.165) is 25.2 Å². The Hall–Kier alpha value is -1.50. The van der Waals surface area contributed by atoms with Crippen molar-refractivity contribution >= 4 is 17.5 Å². The number of amides is 1. The molecule has 1 N–H and O–H groups in total. The van der Waals surface area contributed by atoms with Gasteiger partial charge in [0.25, 0.3) is 0 Å². The fraction of sp³-hybridized carbons (Fsp3) is 0.682. The molecule has 1 aromatic rings.